The number of sulfonamides is 1. The van der Waals surface area contributed by atoms with E-state index in [1.54, 1.807) is 19.2 Å². The van der Waals surface area contributed by atoms with Crippen LogP contribution in [0.1, 0.15) is 24.0 Å². The maximum Gasteiger partial charge on any atom is 0.243 e. The minimum absolute atomic E-state index is 0.214. The quantitative estimate of drug-likeness (QED) is 0.810. The van der Waals surface area contributed by atoms with Gasteiger partial charge in [-0.3, -0.25) is 0 Å². The molecule has 0 radical (unpaired) electrons. The lowest BCUT2D eigenvalue weighted by atomic mass is 10.1. The van der Waals surface area contributed by atoms with Crippen LogP contribution in [0.4, 0.5) is 0 Å². The van der Waals surface area contributed by atoms with Crippen molar-refractivity contribution in [1.29, 1.82) is 0 Å². The minimum Gasteiger partial charge on any atom is -0.207 e. The molecule has 3 nitrogen and oxygen atoms in total. The number of hydrogen-bond donors (Lipinski definition) is 0. The molecule has 1 aromatic carbocycles. The minimum atomic E-state index is -3.28. The summed E-state index contributed by atoms with van der Waals surface area (Å²) in [4.78, 5) is 0.407. The molecule has 0 atom stereocenters. The van der Waals surface area contributed by atoms with Crippen LogP contribution in [0.2, 0.25) is 0 Å². The first kappa shape index (κ1) is 11.6. The van der Waals surface area contributed by atoms with Crippen LogP contribution in [0.15, 0.2) is 23.1 Å². The third-order valence-corrected chi connectivity index (χ3v) is 5.12. The van der Waals surface area contributed by atoms with Crippen molar-refractivity contribution in [3.05, 3.63) is 29.3 Å². The highest BCUT2D eigenvalue weighted by Crippen LogP contribution is 2.30. The number of aryl methyl sites for hydroxylation is 2. The van der Waals surface area contributed by atoms with Gasteiger partial charge in [-0.1, -0.05) is 6.07 Å². The molecule has 1 aromatic rings. The Kier molecular flexibility index (Phi) is 2.80. The summed E-state index contributed by atoms with van der Waals surface area (Å²) in [6, 6.07) is 5.52. The lowest BCUT2D eigenvalue weighted by Crippen LogP contribution is -2.28. The van der Waals surface area contributed by atoms with E-state index in [1.807, 2.05) is 19.9 Å². The molecule has 0 bridgehead atoms. The lowest BCUT2D eigenvalue weighted by Gasteiger charge is -2.17. The first-order valence-electron chi connectivity index (χ1n) is 5.48. The van der Waals surface area contributed by atoms with Crippen LogP contribution in [0.3, 0.4) is 0 Å². The predicted molar refractivity (Wildman–Crippen MR) is 63.9 cm³/mol. The molecule has 88 valence electrons. The molecule has 0 unspecified atom stereocenters. The Morgan fingerprint density at radius 1 is 1.19 bits per heavy atom. The smallest absolute Gasteiger partial charge is 0.207 e. The zero-order chi connectivity index (χ0) is 11.9. The molecule has 0 amide bonds. The molecule has 0 saturated heterocycles. The second-order valence-electron chi connectivity index (χ2n) is 4.50. The number of benzene rings is 1. The molecule has 0 heterocycles. The first-order chi connectivity index (χ1) is 7.43. The highest BCUT2D eigenvalue weighted by atomic mass is 32.2. The monoisotopic (exact) mass is 239 g/mol. The van der Waals surface area contributed by atoms with E-state index in [-0.39, 0.29) is 6.04 Å². The second kappa shape index (κ2) is 3.86. The number of rotatable bonds is 3. The van der Waals surface area contributed by atoms with E-state index in [9.17, 15) is 8.42 Å². The predicted octanol–water partition coefficient (Wildman–Crippen LogP) is 2.09. The number of nitrogens with zero attached hydrogens (tertiary/aromatic N) is 1. The van der Waals surface area contributed by atoms with Gasteiger partial charge in [-0.2, -0.15) is 4.31 Å². The molecule has 1 aliphatic carbocycles. The molecule has 16 heavy (non-hydrogen) atoms. The van der Waals surface area contributed by atoms with Crippen molar-refractivity contribution < 1.29 is 8.42 Å². The Hall–Kier alpha value is -0.870. The highest BCUT2D eigenvalue weighted by Gasteiger charge is 2.34. The van der Waals surface area contributed by atoms with Gasteiger partial charge in [0.05, 0.1) is 4.90 Å². The van der Waals surface area contributed by atoms with Crippen molar-refractivity contribution >= 4 is 10.0 Å². The van der Waals surface area contributed by atoms with Crippen molar-refractivity contribution in [1.82, 2.24) is 4.31 Å². The molecule has 2 rings (SSSR count). The van der Waals surface area contributed by atoms with Gasteiger partial charge >= 0.3 is 0 Å². The van der Waals surface area contributed by atoms with Gasteiger partial charge in [0.25, 0.3) is 0 Å². The fourth-order valence-electron chi connectivity index (χ4n) is 1.68. The Balaban J connectivity index is 2.38. The molecular weight excluding hydrogens is 222 g/mol. The zero-order valence-electron chi connectivity index (χ0n) is 9.90. The fourth-order valence-corrected chi connectivity index (χ4v) is 3.18. The van der Waals surface area contributed by atoms with E-state index in [2.05, 4.69) is 0 Å². The van der Waals surface area contributed by atoms with Crippen molar-refractivity contribution in [2.24, 2.45) is 0 Å². The Morgan fingerprint density at radius 3 is 2.31 bits per heavy atom. The summed E-state index contributed by atoms with van der Waals surface area (Å²) in [6.45, 7) is 3.92. The van der Waals surface area contributed by atoms with Crippen LogP contribution in [-0.2, 0) is 10.0 Å². The van der Waals surface area contributed by atoms with Crippen molar-refractivity contribution in [2.75, 3.05) is 7.05 Å². The van der Waals surface area contributed by atoms with E-state index >= 15 is 0 Å². The van der Waals surface area contributed by atoms with Crippen LogP contribution in [0.5, 0.6) is 0 Å². The van der Waals surface area contributed by atoms with Gasteiger partial charge < -0.3 is 0 Å². The molecule has 4 heteroatoms. The van der Waals surface area contributed by atoms with E-state index in [0.717, 1.165) is 24.0 Å². The van der Waals surface area contributed by atoms with Gasteiger partial charge in [0.2, 0.25) is 10.0 Å². The van der Waals surface area contributed by atoms with Crippen LogP contribution in [-0.4, -0.2) is 25.8 Å². The maximum atomic E-state index is 12.2. The summed E-state index contributed by atoms with van der Waals surface area (Å²) in [5, 5.41) is 0. The normalized spacial score (nSPS) is 16.8. The topological polar surface area (TPSA) is 37.4 Å². The SMILES string of the molecule is Cc1ccc(S(=O)(=O)N(C)C2CC2)cc1C. The average Bonchev–Trinajstić information content (AvgIpc) is 3.04. The number of hydrogen-bond acceptors (Lipinski definition) is 2. The van der Waals surface area contributed by atoms with E-state index < -0.39 is 10.0 Å². The maximum absolute atomic E-state index is 12.2. The molecule has 0 N–H and O–H groups in total. The molecule has 0 spiro atoms. The Bertz CT molecular complexity index is 504. The largest absolute Gasteiger partial charge is 0.243 e. The third kappa shape index (κ3) is 1.99. The lowest BCUT2D eigenvalue weighted by molar-refractivity contribution is 0.464. The van der Waals surface area contributed by atoms with Gasteiger partial charge in [0, 0.05) is 13.1 Å². The van der Waals surface area contributed by atoms with Gasteiger partial charge in [-0.05, 0) is 49.9 Å². The van der Waals surface area contributed by atoms with E-state index in [0.29, 0.717) is 4.90 Å². The Morgan fingerprint density at radius 2 is 1.81 bits per heavy atom. The van der Waals surface area contributed by atoms with Crippen molar-refractivity contribution in [3.8, 4) is 0 Å². The summed E-state index contributed by atoms with van der Waals surface area (Å²) < 4.78 is 25.9. The molecule has 0 aromatic heterocycles. The molecule has 1 saturated carbocycles. The van der Waals surface area contributed by atoms with Crippen LogP contribution >= 0.6 is 0 Å². The van der Waals surface area contributed by atoms with Gasteiger partial charge in [-0.15, -0.1) is 0 Å². The third-order valence-electron chi connectivity index (χ3n) is 3.22. The van der Waals surface area contributed by atoms with Crippen LogP contribution in [0, 0.1) is 13.8 Å². The summed E-state index contributed by atoms with van der Waals surface area (Å²) in [6.07, 6.45) is 1.97. The zero-order valence-corrected chi connectivity index (χ0v) is 10.7. The molecule has 1 fully saturated rings. The molecular formula is C12H17NO2S. The van der Waals surface area contributed by atoms with E-state index in [4.69, 9.17) is 0 Å². The van der Waals surface area contributed by atoms with Gasteiger partial charge in [0.15, 0.2) is 0 Å². The fraction of sp³-hybridized carbons (Fsp3) is 0.500. The van der Waals surface area contributed by atoms with E-state index in [1.165, 1.54) is 4.31 Å². The Labute approximate surface area is 97.1 Å². The van der Waals surface area contributed by atoms with Crippen LogP contribution in [0.25, 0.3) is 0 Å². The van der Waals surface area contributed by atoms with Crippen LogP contribution < -0.4 is 0 Å². The van der Waals surface area contributed by atoms with Gasteiger partial charge in [-0.25, -0.2) is 8.42 Å². The standard InChI is InChI=1S/C12H17NO2S/c1-9-4-7-12(8-10(9)2)16(14,15)13(3)11-5-6-11/h4,7-8,11H,5-6H2,1-3H3. The first-order valence-corrected chi connectivity index (χ1v) is 6.92. The molecule has 0 aliphatic heterocycles. The summed E-state index contributed by atoms with van der Waals surface area (Å²) in [5.74, 6) is 0. The summed E-state index contributed by atoms with van der Waals surface area (Å²) in [7, 11) is -1.61. The van der Waals surface area contributed by atoms with Crippen molar-refractivity contribution in [3.63, 3.8) is 0 Å². The summed E-state index contributed by atoms with van der Waals surface area (Å²) >= 11 is 0. The molecule has 1 aliphatic rings. The average molecular weight is 239 g/mol. The van der Waals surface area contributed by atoms with Crippen molar-refractivity contribution in [2.45, 2.75) is 37.6 Å². The second-order valence-corrected chi connectivity index (χ2v) is 6.50. The van der Waals surface area contributed by atoms with Gasteiger partial charge in [0.1, 0.15) is 0 Å². The highest BCUT2D eigenvalue weighted by molar-refractivity contribution is 7.89. The summed E-state index contributed by atoms with van der Waals surface area (Å²) in [5.41, 5.74) is 2.14.